The highest BCUT2D eigenvalue weighted by molar-refractivity contribution is 5.98. The van der Waals surface area contributed by atoms with Gasteiger partial charge in [-0.2, -0.15) is 5.10 Å². The predicted octanol–water partition coefficient (Wildman–Crippen LogP) is 2.18. The Morgan fingerprint density at radius 3 is 2.71 bits per heavy atom. The van der Waals surface area contributed by atoms with Crippen LogP contribution in [0.5, 0.6) is 0 Å². The molecule has 1 aromatic carbocycles. The van der Waals surface area contributed by atoms with Crippen molar-refractivity contribution in [3.8, 4) is 0 Å². The molecule has 1 aromatic heterocycles. The summed E-state index contributed by atoms with van der Waals surface area (Å²) in [7, 11) is 0. The topological polar surface area (TPSA) is 126 Å². The molecule has 1 aliphatic rings. The third-order valence-electron chi connectivity index (χ3n) is 4.67. The van der Waals surface area contributed by atoms with Crippen molar-refractivity contribution in [2.24, 2.45) is 5.73 Å². The lowest BCUT2D eigenvalue weighted by Gasteiger charge is -2.23. The van der Waals surface area contributed by atoms with Gasteiger partial charge in [0.15, 0.2) is 5.82 Å². The Hall–Kier alpha value is -2.85. The van der Waals surface area contributed by atoms with Crippen LogP contribution in [0.3, 0.4) is 0 Å². The molecule has 2 aromatic rings. The first-order valence-electron chi connectivity index (χ1n) is 8.62. The van der Waals surface area contributed by atoms with Crippen LogP contribution in [-0.4, -0.2) is 46.1 Å². The van der Waals surface area contributed by atoms with E-state index in [-0.39, 0.29) is 23.6 Å². The SMILES string of the molecule is C[C@@](O)(c1ccc(Nc2nn([C@H]3COCCC3=N)cc2C(N)=O)cc1)C(F)F. The maximum Gasteiger partial charge on any atom is 0.270 e. The van der Waals surface area contributed by atoms with Crippen LogP contribution in [-0.2, 0) is 10.3 Å². The van der Waals surface area contributed by atoms with E-state index in [1.54, 1.807) is 0 Å². The number of halogens is 2. The highest BCUT2D eigenvalue weighted by Gasteiger charge is 2.34. The Morgan fingerprint density at radius 2 is 2.14 bits per heavy atom. The number of hydrogen-bond donors (Lipinski definition) is 4. The Balaban J connectivity index is 1.85. The van der Waals surface area contributed by atoms with E-state index >= 15 is 0 Å². The summed E-state index contributed by atoms with van der Waals surface area (Å²) in [5.74, 6) is -0.520. The van der Waals surface area contributed by atoms with Crippen LogP contribution < -0.4 is 11.1 Å². The second-order valence-corrected chi connectivity index (χ2v) is 6.75. The van der Waals surface area contributed by atoms with Gasteiger partial charge in [-0.3, -0.25) is 9.48 Å². The van der Waals surface area contributed by atoms with Crippen molar-refractivity contribution >= 4 is 23.1 Å². The van der Waals surface area contributed by atoms with Gasteiger partial charge in [0.2, 0.25) is 0 Å². The maximum atomic E-state index is 12.9. The molecule has 3 rings (SSSR count). The number of benzene rings is 1. The number of aliphatic hydroxyl groups is 1. The van der Waals surface area contributed by atoms with E-state index in [0.29, 0.717) is 24.4 Å². The van der Waals surface area contributed by atoms with Gasteiger partial charge < -0.3 is 26.3 Å². The number of carbonyl (C=O) groups is 1. The van der Waals surface area contributed by atoms with E-state index in [1.807, 2.05) is 0 Å². The first-order chi connectivity index (χ1) is 13.2. The molecule has 2 atom stereocenters. The summed E-state index contributed by atoms with van der Waals surface area (Å²) in [6.45, 7) is 1.78. The molecule has 0 aliphatic carbocycles. The van der Waals surface area contributed by atoms with E-state index in [2.05, 4.69) is 10.4 Å². The number of alkyl halides is 2. The minimum Gasteiger partial charge on any atom is -0.379 e. The second kappa shape index (κ2) is 7.64. The number of nitrogens with zero attached hydrogens (tertiary/aromatic N) is 2. The van der Waals surface area contributed by atoms with E-state index in [0.717, 1.165) is 6.92 Å². The fourth-order valence-electron chi connectivity index (χ4n) is 2.86. The molecule has 1 amide bonds. The molecule has 0 saturated carbocycles. The lowest BCUT2D eigenvalue weighted by molar-refractivity contribution is -0.0883. The molecule has 10 heteroatoms. The molecule has 8 nitrogen and oxygen atoms in total. The summed E-state index contributed by atoms with van der Waals surface area (Å²) in [6.07, 6.45) is -1.00. The molecule has 150 valence electrons. The van der Waals surface area contributed by atoms with E-state index < -0.39 is 24.0 Å². The van der Waals surface area contributed by atoms with E-state index in [4.69, 9.17) is 15.9 Å². The monoisotopic (exact) mass is 393 g/mol. The first-order valence-corrected chi connectivity index (χ1v) is 8.62. The summed E-state index contributed by atoms with van der Waals surface area (Å²) in [5, 5.41) is 25.1. The van der Waals surface area contributed by atoms with Crippen molar-refractivity contribution < 1.29 is 23.4 Å². The van der Waals surface area contributed by atoms with Crippen LogP contribution in [0, 0.1) is 5.41 Å². The fraction of sp³-hybridized carbons (Fsp3) is 0.389. The largest absolute Gasteiger partial charge is 0.379 e. The highest BCUT2D eigenvalue weighted by atomic mass is 19.3. The molecule has 0 radical (unpaired) electrons. The zero-order valence-corrected chi connectivity index (χ0v) is 15.2. The standard InChI is InChI=1S/C18H21F2N5O3/c1-18(27,17(19)20)10-2-4-11(5-3-10)23-16-12(15(22)26)8-25(24-16)14-9-28-7-6-13(14)21/h2-5,8,14,17,21,27H,6-7,9H2,1H3,(H2,22,26)(H,23,24)/t14-,18+/m0/s1. The molecule has 28 heavy (non-hydrogen) atoms. The summed E-state index contributed by atoms with van der Waals surface area (Å²) in [6, 6.07) is 5.27. The van der Waals surface area contributed by atoms with Gasteiger partial charge in [0, 0.05) is 24.0 Å². The third kappa shape index (κ3) is 3.87. The molecule has 2 heterocycles. The van der Waals surface area contributed by atoms with Crippen molar-refractivity contribution in [1.29, 1.82) is 5.41 Å². The Labute approximate surface area is 159 Å². The number of primary amides is 1. The van der Waals surface area contributed by atoms with Crippen LogP contribution in [0.4, 0.5) is 20.3 Å². The number of anilines is 2. The van der Waals surface area contributed by atoms with Crippen molar-refractivity contribution in [3.63, 3.8) is 0 Å². The van der Waals surface area contributed by atoms with E-state index in [1.165, 1.54) is 35.1 Å². The quantitative estimate of drug-likeness (QED) is 0.598. The van der Waals surface area contributed by atoms with Crippen molar-refractivity contribution in [3.05, 3.63) is 41.6 Å². The molecule has 0 spiro atoms. The Kier molecular flexibility index (Phi) is 5.43. The molecule has 1 saturated heterocycles. The van der Waals surface area contributed by atoms with Crippen molar-refractivity contribution in [2.45, 2.75) is 31.4 Å². The van der Waals surface area contributed by atoms with Gasteiger partial charge in [0.05, 0.1) is 13.2 Å². The highest BCUT2D eigenvalue weighted by Crippen LogP contribution is 2.30. The van der Waals surface area contributed by atoms with Crippen molar-refractivity contribution in [1.82, 2.24) is 9.78 Å². The summed E-state index contributed by atoms with van der Waals surface area (Å²) < 4.78 is 32.7. The fourth-order valence-corrected chi connectivity index (χ4v) is 2.86. The van der Waals surface area contributed by atoms with Gasteiger partial charge in [-0.15, -0.1) is 0 Å². The van der Waals surface area contributed by atoms with Crippen LogP contribution in [0.1, 0.15) is 35.3 Å². The van der Waals surface area contributed by atoms with Gasteiger partial charge in [-0.05, 0) is 24.6 Å². The second-order valence-electron chi connectivity index (χ2n) is 6.75. The molecule has 1 aliphatic heterocycles. The number of carbonyl (C=O) groups excluding carboxylic acids is 1. The van der Waals surface area contributed by atoms with Gasteiger partial charge in [-0.25, -0.2) is 8.78 Å². The minimum atomic E-state index is -2.93. The third-order valence-corrected chi connectivity index (χ3v) is 4.67. The number of nitrogens with one attached hydrogen (secondary N) is 2. The number of nitrogens with two attached hydrogens (primary N) is 1. The summed E-state index contributed by atoms with van der Waals surface area (Å²) in [5.41, 5.74) is 4.26. The Morgan fingerprint density at radius 1 is 1.46 bits per heavy atom. The van der Waals surface area contributed by atoms with Crippen LogP contribution in [0.15, 0.2) is 30.5 Å². The number of hydrogen-bond acceptors (Lipinski definition) is 6. The van der Waals surface area contributed by atoms with Gasteiger partial charge in [0.25, 0.3) is 12.3 Å². The maximum absolute atomic E-state index is 12.9. The van der Waals surface area contributed by atoms with E-state index in [9.17, 15) is 18.7 Å². The summed E-state index contributed by atoms with van der Waals surface area (Å²) >= 11 is 0. The molecule has 0 unspecified atom stereocenters. The minimum absolute atomic E-state index is 0.0570. The van der Waals surface area contributed by atoms with Crippen molar-refractivity contribution in [2.75, 3.05) is 18.5 Å². The predicted molar refractivity (Wildman–Crippen MR) is 98.2 cm³/mol. The smallest absolute Gasteiger partial charge is 0.270 e. The average Bonchev–Trinajstić information content (AvgIpc) is 3.06. The number of rotatable bonds is 6. The number of aromatic nitrogens is 2. The zero-order valence-electron chi connectivity index (χ0n) is 15.2. The van der Waals surface area contributed by atoms with Crippen LogP contribution in [0.2, 0.25) is 0 Å². The average molecular weight is 393 g/mol. The molecule has 5 N–H and O–H groups in total. The van der Waals surface area contributed by atoms with Crippen LogP contribution in [0.25, 0.3) is 0 Å². The molecule has 0 bridgehead atoms. The zero-order chi connectivity index (χ0) is 20.5. The molecular formula is C18H21F2N5O3. The number of amides is 1. The number of ether oxygens (including phenoxy) is 1. The lowest BCUT2D eigenvalue weighted by Crippen LogP contribution is -2.30. The normalized spacial score (nSPS) is 19.5. The molecule has 1 fully saturated rings. The first kappa shape index (κ1) is 19.9. The summed E-state index contributed by atoms with van der Waals surface area (Å²) in [4.78, 5) is 11.8. The van der Waals surface area contributed by atoms with Gasteiger partial charge in [0.1, 0.15) is 17.2 Å². The van der Waals surface area contributed by atoms with Gasteiger partial charge in [-0.1, -0.05) is 12.1 Å². The Bertz CT molecular complexity index is 880. The van der Waals surface area contributed by atoms with Crippen LogP contribution >= 0.6 is 0 Å². The van der Waals surface area contributed by atoms with Gasteiger partial charge >= 0.3 is 0 Å². The lowest BCUT2D eigenvalue weighted by atomic mass is 9.96. The molecular weight excluding hydrogens is 372 g/mol.